The van der Waals surface area contributed by atoms with Crippen molar-refractivity contribution in [2.75, 3.05) is 38.2 Å². The van der Waals surface area contributed by atoms with Gasteiger partial charge >= 0.3 is 0 Å². The molecule has 2 heterocycles. The number of aromatic nitrogens is 1. The van der Waals surface area contributed by atoms with Crippen LogP contribution in [0, 0.1) is 18.8 Å². The van der Waals surface area contributed by atoms with Gasteiger partial charge in [0.1, 0.15) is 0 Å². The number of nitrogens with two attached hydrogens (primary N) is 1. The number of piperazine rings is 1. The molecule has 0 spiro atoms. The van der Waals surface area contributed by atoms with E-state index in [4.69, 9.17) is 11.0 Å². The van der Waals surface area contributed by atoms with Crippen LogP contribution in [0.25, 0.3) is 0 Å². The Morgan fingerprint density at radius 1 is 1.11 bits per heavy atom. The first-order valence-corrected chi connectivity index (χ1v) is 12.6. The van der Waals surface area contributed by atoms with Crippen LogP contribution in [0.3, 0.4) is 0 Å². The molecule has 1 aliphatic rings. The molecular weight excluding hydrogens is 514 g/mol. The number of hydrogen-bond acceptors (Lipinski definition) is 7. The largest absolute Gasteiger partial charge is 0.397 e. The first-order valence-electron chi connectivity index (χ1n) is 10.8. The summed E-state index contributed by atoms with van der Waals surface area (Å²) < 4.78 is 23.5. The molecule has 2 aromatic carbocycles. The Morgan fingerprint density at radius 2 is 1.78 bits per heavy atom. The van der Waals surface area contributed by atoms with Gasteiger partial charge in [0.2, 0.25) is 0 Å². The molecule has 190 valence electrons. The number of nitrogens with one attached hydrogen (secondary N) is 1. The molecule has 3 aromatic rings. The van der Waals surface area contributed by atoms with E-state index in [0.29, 0.717) is 28.8 Å². The summed E-state index contributed by atoms with van der Waals surface area (Å²) >= 11 is 0. The number of benzene rings is 2. The van der Waals surface area contributed by atoms with Gasteiger partial charge in [0.25, 0.3) is 5.91 Å². The molecule has 0 unspecified atom stereocenters. The third-order valence-corrected chi connectivity index (χ3v) is 6.43. The molecule has 0 aliphatic carbocycles. The van der Waals surface area contributed by atoms with Crippen LogP contribution < -0.4 is 11.1 Å². The van der Waals surface area contributed by atoms with Crippen molar-refractivity contribution in [3.63, 3.8) is 0 Å². The number of nitrogens with zero attached hydrogens (tertiary/aromatic N) is 3. The first kappa shape index (κ1) is 30.8. The molecule has 4 rings (SSSR count). The van der Waals surface area contributed by atoms with Crippen molar-refractivity contribution in [3.8, 4) is 6.07 Å². The van der Waals surface area contributed by atoms with E-state index in [-0.39, 0.29) is 35.6 Å². The number of hydrogen-bond donors (Lipinski definition) is 2. The van der Waals surface area contributed by atoms with Gasteiger partial charge in [0, 0.05) is 62.2 Å². The van der Waals surface area contributed by atoms with Gasteiger partial charge in [-0.3, -0.25) is 9.78 Å². The molecule has 0 atom stereocenters. The number of pyridine rings is 1. The Morgan fingerprint density at radius 3 is 2.36 bits per heavy atom. The molecule has 0 radical (unpaired) electrons. The van der Waals surface area contributed by atoms with E-state index in [2.05, 4.69) is 10.3 Å². The van der Waals surface area contributed by atoms with Gasteiger partial charge in [-0.2, -0.15) is 5.26 Å². The fraction of sp³-hybridized carbons (Fsp3) is 0.231. The summed E-state index contributed by atoms with van der Waals surface area (Å²) in [4.78, 5) is 18.0. The first-order chi connectivity index (χ1) is 16.3. The molecule has 1 amide bonds. The van der Waals surface area contributed by atoms with E-state index in [1.807, 2.05) is 41.3 Å². The zero-order chi connectivity index (χ0) is 24.6. The van der Waals surface area contributed by atoms with E-state index in [0.717, 1.165) is 31.7 Å². The van der Waals surface area contributed by atoms with Crippen LogP contribution in [-0.2, 0) is 33.6 Å². The number of carbonyl (C=O) groups is 1. The number of amides is 1. The van der Waals surface area contributed by atoms with Gasteiger partial charge < -0.3 is 23.4 Å². The van der Waals surface area contributed by atoms with Gasteiger partial charge in [-0.25, -0.2) is 8.42 Å². The average Bonchev–Trinajstić information content (AvgIpc) is 2.84. The zero-order valence-corrected chi connectivity index (χ0v) is 22.4. The molecule has 36 heavy (non-hydrogen) atoms. The molecule has 0 saturated carbocycles. The van der Waals surface area contributed by atoms with Crippen LogP contribution in [-0.4, -0.2) is 56.6 Å². The molecular formula is C26H30CrN5O3S-. The fourth-order valence-corrected chi connectivity index (χ4v) is 4.51. The smallest absolute Gasteiger partial charge is 0.255 e. The van der Waals surface area contributed by atoms with Gasteiger partial charge in [-0.15, -0.1) is 0 Å². The molecule has 1 aliphatic heterocycles. The number of nitrogen functional groups attached to an aromatic ring is 1. The summed E-state index contributed by atoms with van der Waals surface area (Å²) in [5.74, 6) is 0.0105. The number of anilines is 1. The van der Waals surface area contributed by atoms with Gasteiger partial charge in [0.05, 0.1) is 27.8 Å². The monoisotopic (exact) mass is 544 g/mol. The Hall–Kier alpha value is -3.21. The van der Waals surface area contributed by atoms with Crippen molar-refractivity contribution in [3.05, 3.63) is 96.7 Å². The van der Waals surface area contributed by atoms with Crippen molar-refractivity contribution in [1.29, 1.82) is 5.26 Å². The predicted molar refractivity (Wildman–Crippen MR) is 137 cm³/mol. The quantitative estimate of drug-likeness (QED) is 0.483. The van der Waals surface area contributed by atoms with Crippen molar-refractivity contribution in [2.45, 2.75) is 11.3 Å². The molecule has 10 heteroatoms. The van der Waals surface area contributed by atoms with Crippen LogP contribution in [0.4, 0.5) is 5.69 Å². The van der Waals surface area contributed by atoms with E-state index < -0.39 is 9.84 Å². The Labute approximate surface area is 224 Å². The molecule has 1 saturated heterocycles. The van der Waals surface area contributed by atoms with Crippen molar-refractivity contribution in [1.82, 2.24) is 15.2 Å². The second-order valence-corrected chi connectivity index (χ2v) is 9.90. The molecule has 1 aromatic heterocycles. The molecule has 1 fully saturated rings. The van der Waals surface area contributed by atoms with Crippen molar-refractivity contribution in [2.24, 2.45) is 0 Å². The summed E-state index contributed by atoms with van der Waals surface area (Å²) in [7, 11) is -3.29. The molecule has 0 bridgehead atoms. The van der Waals surface area contributed by atoms with Crippen LogP contribution in [0.5, 0.6) is 0 Å². The second kappa shape index (κ2) is 14.4. The Kier molecular flexibility index (Phi) is 12.3. The van der Waals surface area contributed by atoms with Crippen LogP contribution >= 0.6 is 0 Å². The number of sulfone groups is 1. The number of rotatable bonds is 4. The standard InChI is InChI=1S/C15H13NO2S.C10H14N4O.CH3.Cr/c1-19(17,18)15-8-7-13(11-16)10-14(15)9-12-5-3-2-4-6-12;11-9-5-8(6-13-7-9)10(15)14-3-1-12-2-4-14;;/h2-8,10H,9H2,1H3;5-7,12H,1-4,11H2;1H3;/q;;-1;. The van der Waals surface area contributed by atoms with Crippen LogP contribution in [0.2, 0.25) is 0 Å². The molecule has 3 N–H and O–H groups in total. The third kappa shape index (κ3) is 8.78. The van der Waals surface area contributed by atoms with Crippen molar-refractivity contribution < 1.29 is 30.6 Å². The van der Waals surface area contributed by atoms with E-state index in [1.54, 1.807) is 18.3 Å². The SMILES string of the molecule is CS(=O)(=O)c1ccc(C#N)cc1Cc1ccccc1.Nc1cncc(C(=O)N2CCNCC2)c1.[CH3-].[Cr]. The maximum Gasteiger partial charge on any atom is 0.255 e. The summed E-state index contributed by atoms with van der Waals surface area (Å²) in [6.07, 6.45) is 4.77. The summed E-state index contributed by atoms with van der Waals surface area (Å²) in [5, 5.41) is 12.1. The van der Waals surface area contributed by atoms with Gasteiger partial charge in [-0.05, 0) is 41.8 Å². The summed E-state index contributed by atoms with van der Waals surface area (Å²) in [6.45, 7) is 3.18. The summed E-state index contributed by atoms with van der Waals surface area (Å²) in [6, 6.07) is 18.0. The number of carbonyl (C=O) groups excluding carboxylic acids is 1. The topological polar surface area (TPSA) is 129 Å². The normalized spacial score (nSPS) is 12.6. The second-order valence-electron chi connectivity index (χ2n) is 7.92. The maximum absolute atomic E-state index is 12.0. The van der Waals surface area contributed by atoms with Crippen LogP contribution in [0.15, 0.2) is 71.9 Å². The minimum absolute atomic E-state index is 0. The van der Waals surface area contributed by atoms with E-state index >= 15 is 0 Å². The Bertz CT molecular complexity index is 1290. The zero-order valence-electron chi connectivity index (χ0n) is 20.3. The van der Waals surface area contributed by atoms with Crippen molar-refractivity contribution >= 4 is 21.4 Å². The number of nitriles is 1. The van der Waals surface area contributed by atoms with Crippen LogP contribution in [0.1, 0.15) is 27.0 Å². The van der Waals surface area contributed by atoms with E-state index in [9.17, 15) is 13.2 Å². The summed E-state index contributed by atoms with van der Waals surface area (Å²) in [5.41, 5.74) is 8.82. The average molecular weight is 545 g/mol. The minimum Gasteiger partial charge on any atom is -0.397 e. The van der Waals surface area contributed by atoms with Gasteiger partial charge in [0.15, 0.2) is 9.84 Å². The maximum atomic E-state index is 12.0. The third-order valence-electron chi connectivity index (χ3n) is 5.24. The predicted octanol–water partition coefficient (Wildman–Crippen LogP) is 2.71. The van der Waals surface area contributed by atoms with Gasteiger partial charge in [-0.1, -0.05) is 30.3 Å². The minimum atomic E-state index is -3.29. The fourth-order valence-electron chi connectivity index (χ4n) is 3.59. The molecule has 8 nitrogen and oxygen atoms in total. The Balaban J connectivity index is 0.000000349. The van der Waals surface area contributed by atoms with E-state index in [1.165, 1.54) is 24.6 Å².